The number of hydrogen-bond acceptors (Lipinski definition) is 5. The van der Waals surface area contributed by atoms with E-state index in [0.717, 1.165) is 6.42 Å². The first-order valence-electron chi connectivity index (χ1n) is 7.21. The van der Waals surface area contributed by atoms with E-state index in [9.17, 15) is 4.79 Å². The van der Waals surface area contributed by atoms with Gasteiger partial charge < -0.3 is 10.1 Å². The van der Waals surface area contributed by atoms with E-state index >= 15 is 0 Å². The van der Waals surface area contributed by atoms with E-state index in [-0.39, 0.29) is 18.0 Å². The zero-order valence-corrected chi connectivity index (χ0v) is 12.2. The van der Waals surface area contributed by atoms with Crippen molar-refractivity contribution >= 4 is 11.6 Å². The first kappa shape index (κ1) is 14.5. The largest absolute Gasteiger partial charge is 0.455 e. The molecule has 0 bridgehead atoms. The van der Waals surface area contributed by atoms with E-state index in [2.05, 4.69) is 21.2 Å². The molecule has 114 valence electrons. The molecule has 2 atom stereocenters. The molecule has 0 saturated carbocycles. The number of ether oxygens (including phenoxy) is 1. The minimum absolute atomic E-state index is 0.109. The number of amides is 1. The molecule has 1 aromatic carbocycles. The van der Waals surface area contributed by atoms with Gasteiger partial charge in [-0.15, -0.1) is 0 Å². The lowest BCUT2D eigenvalue weighted by atomic mass is 10.1. The molecule has 2 unspecified atom stereocenters. The number of rotatable bonds is 4. The number of carbonyl (C=O) groups excluding carboxylic acids is 1. The summed E-state index contributed by atoms with van der Waals surface area (Å²) in [6.45, 7) is 2.02. The van der Waals surface area contributed by atoms with Gasteiger partial charge >= 0.3 is 0 Å². The first-order chi connectivity index (χ1) is 10.7. The molecule has 0 radical (unpaired) electrons. The zero-order valence-electron chi connectivity index (χ0n) is 12.2. The fourth-order valence-electron chi connectivity index (χ4n) is 2.29. The maximum atomic E-state index is 12.3. The van der Waals surface area contributed by atoms with Crippen molar-refractivity contribution in [2.45, 2.75) is 25.4 Å². The smallest absolute Gasteiger partial charge is 0.243 e. The number of anilines is 1. The van der Waals surface area contributed by atoms with E-state index in [1.165, 1.54) is 0 Å². The van der Waals surface area contributed by atoms with Gasteiger partial charge in [-0.1, -0.05) is 18.2 Å². The molecule has 1 aromatic heterocycles. The lowest BCUT2D eigenvalue weighted by Gasteiger charge is -2.14. The van der Waals surface area contributed by atoms with Crippen molar-refractivity contribution in [1.29, 1.82) is 0 Å². The summed E-state index contributed by atoms with van der Waals surface area (Å²) < 4.78 is 5.80. The topological polar surface area (TPSA) is 75.3 Å². The number of para-hydroxylation sites is 1. The van der Waals surface area contributed by atoms with Gasteiger partial charge in [0.05, 0.1) is 6.20 Å². The third kappa shape index (κ3) is 3.41. The van der Waals surface area contributed by atoms with Crippen LogP contribution in [-0.4, -0.2) is 23.0 Å². The van der Waals surface area contributed by atoms with Crippen molar-refractivity contribution in [3.8, 4) is 11.5 Å². The summed E-state index contributed by atoms with van der Waals surface area (Å²) in [6, 6.07) is 11.2. The average molecular weight is 298 g/mol. The van der Waals surface area contributed by atoms with Crippen LogP contribution in [0.2, 0.25) is 0 Å². The van der Waals surface area contributed by atoms with Crippen LogP contribution in [0.5, 0.6) is 11.5 Å². The predicted molar refractivity (Wildman–Crippen MR) is 83.5 cm³/mol. The van der Waals surface area contributed by atoms with Crippen LogP contribution in [0.25, 0.3) is 0 Å². The molecule has 0 aliphatic carbocycles. The molecule has 3 rings (SSSR count). The third-order valence-corrected chi connectivity index (χ3v) is 3.42. The van der Waals surface area contributed by atoms with Crippen LogP contribution in [-0.2, 0) is 4.79 Å². The van der Waals surface area contributed by atoms with Gasteiger partial charge in [0.1, 0.15) is 17.5 Å². The van der Waals surface area contributed by atoms with Gasteiger partial charge in [-0.2, -0.15) is 0 Å². The highest BCUT2D eigenvalue weighted by molar-refractivity contribution is 5.96. The predicted octanol–water partition coefficient (Wildman–Crippen LogP) is 2.07. The summed E-state index contributed by atoms with van der Waals surface area (Å²) in [4.78, 5) is 16.3. The molecule has 0 spiro atoms. The number of nitrogens with zero attached hydrogens (tertiary/aromatic N) is 1. The van der Waals surface area contributed by atoms with Crippen molar-refractivity contribution < 1.29 is 9.53 Å². The number of nitrogens with one attached hydrogen (secondary N) is 3. The maximum absolute atomic E-state index is 12.3. The second-order valence-corrected chi connectivity index (χ2v) is 5.25. The highest BCUT2D eigenvalue weighted by Crippen LogP contribution is 2.28. The molecule has 6 heteroatoms. The molecular formula is C16H18N4O2. The highest BCUT2D eigenvalue weighted by atomic mass is 16.5. The minimum Gasteiger partial charge on any atom is -0.455 e. The summed E-state index contributed by atoms with van der Waals surface area (Å²) in [5.41, 5.74) is 6.56. The molecule has 1 amide bonds. The first-order valence-corrected chi connectivity index (χ1v) is 7.21. The Bertz CT molecular complexity index is 648. The van der Waals surface area contributed by atoms with Crippen molar-refractivity contribution in [2.24, 2.45) is 0 Å². The van der Waals surface area contributed by atoms with Crippen molar-refractivity contribution in [3.63, 3.8) is 0 Å². The Balaban J connectivity index is 1.72. The highest BCUT2D eigenvalue weighted by Gasteiger charge is 2.27. The number of hydrazine groups is 1. The molecule has 1 aliphatic rings. The van der Waals surface area contributed by atoms with E-state index in [1.54, 1.807) is 18.5 Å². The van der Waals surface area contributed by atoms with Crippen LogP contribution in [0.15, 0.2) is 48.8 Å². The Morgan fingerprint density at radius 1 is 1.27 bits per heavy atom. The lowest BCUT2D eigenvalue weighted by Crippen LogP contribution is -2.40. The van der Waals surface area contributed by atoms with Gasteiger partial charge in [0.25, 0.3) is 0 Å². The SMILES string of the molecule is CC1CC(C(=O)Nc2cnccc2Oc2ccccc2)NN1. The normalized spacial score (nSPS) is 20.6. The van der Waals surface area contributed by atoms with Crippen LogP contribution < -0.4 is 20.9 Å². The molecule has 2 aromatic rings. The Kier molecular flexibility index (Phi) is 4.32. The molecular weight excluding hydrogens is 280 g/mol. The van der Waals surface area contributed by atoms with Gasteiger partial charge in [-0.05, 0) is 25.5 Å². The monoisotopic (exact) mass is 298 g/mol. The Morgan fingerprint density at radius 3 is 2.82 bits per heavy atom. The van der Waals surface area contributed by atoms with Crippen LogP contribution in [0.1, 0.15) is 13.3 Å². The standard InChI is InChI=1S/C16H18N4O2/c1-11-9-13(20-19-11)16(21)18-14-10-17-8-7-15(14)22-12-5-3-2-4-6-12/h2-8,10-11,13,19-20H,9H2,1H3,(H,18,21). The number of aromatic nitrogens is 1. The maximum Gasteiger partial charge on any atom is 0.243 e. The third-order valence-electron chi connectivity index (χ3n) is 3.42. The fraction of sp³-hybridized carbons (Fsp3) is 0.250. The van der Waals surface area contributed by atoms with Gasteiger partial charge in [0.15, 0.2) is 5.75 Å². The van der Waals surface area contributed by atoms with Crippen molar-refractivity contribution in [2.75, 3.05) is 5.32 Å². The second kappa shape index (κ2) is 6.55. The van der Waals surface area contributed by atoms with Crippen LogP contribution >= 0.6 is 0 Å². The second-order valence-electron chi connectivity index (χ2n) is 5.25. The van der Waals surface area contributed by atoms with Crippen LogP contribution in [0.4, 0.5) is 5.69 Å². The van der Waals surface area contributed by atoms with E-state index < -0.39 is 0 Å². The molecule has 1 saturated heterocycles. The Labute approximate surface area is 128 Å². The molecule has 6 nitrogen and oxygen atoms in total. The Hall–Kier alpha value is -2.44. The summed E-state index contributed by atoms with van der Waals surface area (Å²) in [5, 5.41) is 2.86. The summed E-state index contributed by atoms with van der Waals surface area (Å²) in [6.07, 6.45) is 3.95. The molecule has 1 aliphatic heterocycles. The Morgan fingerprint density at radius 2 is 2.09 bits per heavy atom. The van der Waals surface area contributed by atoms with Gasteiger partial charge in [0, 0.05) is 18.3 Å². The van der Waals surface area contributed by atoms with Crippen molar-refractivity contribution in [1.82, 2.24) is 15.8 Å². The minimum atomic E-state index is -0.264. The van der Waals surface area contributed by atoms with E-state index in [4.69, 9.17) is 4.74 Å². The number of benzene rings is 1. The average Bonchev–Trinajstić information content (AvgIpc) is 2.97. The molecule has 3 N–H and O–H groups in total. The molecule has 2 heterocycles. The van der Waals surface area contributed by atoms with E-state index in [1.807, 2.05) is 37.3 Å². The molecule has 1 fully saturated rings. The number of hydrogen-bond donors (Lipinski definition) is 3. The van der Waals surface area contributed by atoms with Crippen LogP contribution in [0.3, 0.4) is 0 Å². The van der Waals surface area contributed by atoms with Crippen molar-refractivity contribution in [3.05, 3.63) is 48.8 Å². The van der Waals surface area contributed by atoms with Gasteiger partial charge in [-0.3, -0.25) is 15.2 Å². The lowest BCUT2D eigenvalue weighted by molar-refractivity contribution is -0.117. The number of carbonyl (C=O) groups is 1. The van der Waals surface area contributed by atoms with Gasteiger partial charge in [-0.25, -0.2) is 5.43 Å². The van der Waals surface area contributed by atoms with Crippen LogP contribution in [0, 0.1) is 0 Å². The fourth-order valence-corrected chi connectivity index (χ4v) is 2.29. The summed E-state index contributed by atoms with van der Waals surface area (Å²) >= 11 is 0. The number of pyridine rings is 1. The summed E-state index contributed by atoms with van der Waals surface area (Å²) in [7, 11) is 0. The zero-order chi connectivity index (χ0) is 15.4. The quantitative estimate of drug-likeness (QED) is 0.805. The summed E-state index contributed by atoms with van der Waals surface area (Å²) in [5.74, 6) is 1.16. The molecule has 22 heavy (non-hydrogen) atoms. The van der Waals surface area contributed by atoms with Gasteiger partial charge in [0.2, 0.25) is 5.91 Å². The van der Waals surface area contributed by atoms with E-state index in [0.29, 0.717) is 17.2 Å².